The number of hydrogen-bond acceptors (Lipinski definition) is 2. The van der Waals surface area contributed by atoms with Crippen LogP contribution >= 0.6 is 0 Å². The molecule has 0 spiro atoms. The monoisotopic (exact) mass is 186 g/mol. The summed E-state index contributed by atoms with van der Waals surface area (Å²) in [7, 11) is 0. The smallest absolute Gasteiger partial charge is 0.178 e. The molecule has 3 rings (SSSR count). The van der Waals surface area contributed by atoms with Crippen LogP contribution in [0.4, 0.5) is 0 Å². The fraction of sp³-hybridized carbons (Fsp3) is 0.182. The Morgan fingerprint density at radius 1 is 1.21 bits per heavy atom. The number of carbonyl (C=O) groups excluding carboxylic acids is 1. The minimum Gasteiger partial charge on any atom is -0.323 e. The number of nitrogens with zero attached hydrogens (tertiary/aromatic N) is 1. The van der Waals surface area contributed by atoms with Gasteiger partial charge in [0.25, 0.3) is 0 Å². The molecule has 0 amide bonds. The quantitative estimate of drug-likeness (QED) is 0.671. The second-order valence-electron chi connectivity index (χ2n) is 3.55. The molecule has 0 aliphatic carbocycles. The summed E-state index contributed by atoms with van der Waals surface area (Å²) in [6.07, 6.45) is 3.92. The lowest BCUT2D eigenvalue weighted by molar-refractivity contribution is 0.0994. The van der Waals surface area contributed by atoms with E-state index in [0.29, 0.717) is 6.54 Å². The van der Waals surface area contributed by atoms with Crippen LogP contribution < -0.4 is 5.32 Å². The van der Waals surface area contributed by atoms with E-state index in [4.69, 9.17) is 0 Å². The number of nitrogens with one attached hydrogen (secondary N) is 1. The maximum Gasteiger partial charge on any atom is 0.178 e. The molecule has 0 atom stereocenters. The van der Waals surface area contributed by atoms with Crippen LogP contribution in [0.5, 0.6) is 0 Å². The van der Waals surface area contributed by atoms with Gasteiger partial charge in [0.15, 0.2) is 5.78 Å². The van der Waals surface area contributed by atoms with Crippen molar-refractivity contribution < 1.29 is 4.79 Å². The highest BCUT2D eigenvalue weighted by molar-refractivity contribution is 6.05. The summed E-state index contributed by atoms with van der Waals surface area (Å²) in [5, 5.41) is 3.13. The summed E-state index contributed by atoms with van der Waals surface area (Å²) in [4.78, 5) is 11.7. The van der Waals surface area contributed by atoms with Gasteiger partial charge in [-0.05, 0) is 17.7 Å². The van der Waals surface area contributed by atoms with Crippen LogP contribution in [-0.4, -0.2) is 16.7 Å². The molecule has 70 valence electrons. The number of aromatic nitrogens is 1. The summed E-state index contributed by atoms with van der Waals surface area (Å²) in [5.41, 5.74) is 3.09. The third-order valence-electron chi connectivity index (χ3n) is 2.66. The predicted octanol–water partition coefficient (Wildman–Crippen LogP) is 1.23. The van der Waals surface area contributed by atoms with Gasteiger partial charge < -0.3 is 9.72 Å². The van der Waals surface area contributed by atoms with Crippen molar-refractivity contribution in [2.24, 2.45) is 0 Å². The van der Waals surface area contributed by atoms with Crippen LogP contribution in [0.25, 0.3) is 5.52 Å². The summed E-state index contributed by atoms with van der Waals surface area (Å²) in [6, 6.07) is 5.96. The van der Waals surface area contributed by atoms with Gasteiger partial charge in [-0.25, -0.2) is 0 Å². The molecule has 0 aromatic carbocycles. The topological polar surface area (TPSA) is 33.5 Å². The average molecular weight is 186 g/mol. The first kappa shape index (κ1) is 7.76. The van der Waals surface area contributed by atoms with Crippen LogP contribution in [0.3, 0.4) is 0 Å². The zero-order valence-electron chi connectivity index (χ0n) is 7.66. The first-order chi connectivity index (χ1) is 6.86. The van der Waals surface area contributed by atoms with Crippen molar-refractivity contribution in [1.29, 1.82) is 0 Å². The summed E-state index contributed by atoms with van der Waals surface area (Å²) in [5.74, 6) is 0.178. The Labute approximate surface area is 81.3 Å². The Morgan fingerprint density at radius 2 is 2.14 bits per heavy atom. The maximum absolute atomic E-state index is 11.7. The van der Waals surface area contributed by atoms with Gasteiger partial charge in [0.2, 0.25) is 0 Å². The van der Waals surface area contributed by atoms with E-state index in [0.717, 1.165) is 17.6 Å². The standard InChI is InChI=1S/C11H10N2O/c14-10-7-12-6-8-2-1-4-13-5-3-9(10)11(8)13/h1-5,12H,6-7H2. The average Bonchev–Trinajstić information content (AvgIpc) is 2.54. The van der Waals surface area contributed by atoms with Crippen LogP contribution in [0.15, 0.2) is 30.6 Å². The van der Waals surface area contributed by atoms with Gasteiger partial charge in [0.1, 0.15) is 0 Å². The number of ketones is 1. The SMILES string of the molecule is O=C1CNCc2cccn3ccc1c23. The van der Waals surface area contributed by atoms with Gasteiger partial charge in [-0.2, -0.15) is 0 Å². The molecule has 0 bridgehead atoms. The largest absolute Gasteiger partial charge is 0.323 e. The highest BCUT2D eigenvalue weighted by Crippen LogP contribution is 2.20. The van der Waals surface area contributed by atoms with Gasteiger partial charge in [0.05, 0.1) is 12.1 Å². The molecule has 0 unspecified atom stereocenters. The van der Waals surface area contributed by atoms with Gasteiger partial charge >= 0.3 is 0 Å². The van der Waals surface area contributed by atoms with Crippen molar-refractivity contribution in [1.82, 2.24) is 9.72 Å². The molecule has 1 N–H and O–H groups in total. The van der Waals surface area contributed by atoms with Crippen LogP contribution in [0.1, 0.15) is 15.9 Å². The molecular formula is C11H10N2O. The van der Waals surface area contributed by atoms with E-state index in [2.05, 4.69) is 11.4 Å². The minimum atomic E-state index is 0.178. The number of carbonyl (C=O) groups is 1. The molecule has 3 heterocycles. The van der Waals surface area contributed by atoms with Gasteiger partial charge in [-0.1, -0.05) is 6.07 Å². The number of rotatable bonds is 0. The summed E-state index contributed by atoms with van der Waals surface area (Å²) >= 11 is 0. The Bertz CT molecular complexity index is 513. The molecule has 0 saturated carbocycles. The van der Waals surface area contributed by atoms with Crippen molar-refractivity contribution in [3.05, 3.63) is 41.7 Å². The fourth-order valence-corrected chi connectivity index (χ4v) is 2.01. The second-order valence-corrected chi connectivity index (χ2v) is 3.55. The highest BCUT2D eigenvalue weighted by Gasteiger charge is 2.16. The minimum absolute atomic E-state index is 0.178. The van der Waals surface area contributed by atoms with E-state index in [1.165, 1.54) is 5.56 Å². The van der Waals surface area contributed by atoms with E-state index < -0.39 is 0 Å². The van der Waals surface area contributed by atoms with Crippen molar-refractivity contribution in [2.75, 3.05) is 6.54 Å². The lowest BCUT2D eigenvalue weighted by Gasteiger charge is -2.01. The third kappa shape index (κ3) is 0.930. The van der Waals surface area contributed by atoms with E-state index in [-0.39, 0.29) is 5.78 Å². The fourth-order valence-electron chi connectivity index (χ4n) is 2.01. The molecule has 1 aliphatic heterocycles. The van der Waals surface area contributed by atoms with Gasteiger partial charge in [0, 0.05) is 24.5 Å². The molecule has 0 fully saturated rings. The Morgan fingerprint density at radius 3 is 3.07 bits per heavy atom. The molecule has 0 saturated heterocycles. The molecule has 0 radical (unpaired) electrons. The van der Waals surface area contributed by atoms with E-state index in [9.17, 15) is 4.79 Å². The zero-order chi connectivity index (χ0) is 9.54. The van der Waals surface area contributed by atoms with Crippen LogP contribution in [0.2, 0.25) is 0 Å². The van der Waals surface area contributed by atoms with Gasteiger partial charge in [-0.3, -0.25) is 4.79 Å². The third-order valence-corrected chi connectivity index (χ3v) is 2.66. The molecule has 3 heteroatoms. The summed E-state index contributed by atoms with van der Waals surface area (Å²) in [6.45, 7) is 1.21. The van der Waals surface area contributed by atoms with Crippen molar-refractivity contribution in [3.63, 3.8) is 0 Å². The van der Waals surface area contributed by atoms with Crippen molar-refractivity contribution in [2.45, 2.75) is 6.54 Å². The highest BCUT2D eigenvalue weighted by atomic mass is 16.1. The normalized spacial score (nSPS) is 15.9. The lowest BCUT2D eigenvalue weighted by Crippen LogP contribution is -2.19. The maximum atomic E-state index is 11.7. The number of hydrogen-bond donors (Lipinski definition) is 1. The van der Waals surface area contributed by atoms with E-state index in [1.807, 2.05) is 28.9 Å². The predicted molar refractivity (Wildman–Crippen MR) is 53.4 cm³/mol. The number of Topliss-reactive ketones (excluding diaryl/α,β-unsaturated/α-hetero) is 1. The van der Waals surface area contributed by atoms with E-state index >= 15 is 0 Å². The van der Waals surface area contributed by atoms with Crippen molar-refractivity contribution >= 4 is 11.3 Å². The Kier molecular flexibility index (Phi) is 1.49. The first-order valence-corrected chi connectivity index (χ1v) is 4.69. The molecular weight excluding hydrogens is 176 g/mol. The molecule has 1 aliphatic rings. The van der Waals surface area contributed by atoms with Crippen molar-refractivity contribution in [3.8, 4) is 0 Å². The molecule has 2 aromatic rings. The summed E-state index contributed by atoms with van der Waals surface area (Å²) < 4.78 is 2.01. The Balaban J connectivity index is 2.43. The van der Waals surface area contributed by atoms with Gasteiger partial charge in [-0.15, -0.1) is 0 Å². The first-order valence-electron chi connectivity index (χ1n) is 4.69. The van der Waals surface area contributed by atoms with Crippen LogP contribution in [0, 0.1) is 0 Å². The van der Waals surface area contributed by atoms with Crippen LogP contribution in [-0.2, 0) is 6.54 Å². The molecule has 14 heavy (non-hydrogen) atoms. The van der Waals surface area contributed by atoms with E-state index in [1.54, 1.807) is 0 Å². The molecule has 2 aromatic heterocycles. The Hall–Kier alpha value is -1.61. The zero-order valence-corrected chi connectivity index (χ0v) is 7.66. The number of pyridine rings is 1. The lowest BCUT2D eigenvalue weighted by atomic mass is 10.1. The second kappa shape index (κ2) is 2.69. The molecule has 3 nitrogen and oxygen atoms in total.